The van der Waals surface area contributed by atoms with Crippen LogP contribution < -0.4 is 5.73 Å². The summed E-state index contributed by atoms with van der Waals surface area (Å²) in [7, 11) is -2.25. The van der Waals surface area contributed by atoms with E-state index in [1.54, 1.807) is 6.92 Å². The molecule has 0 radical (unpaired) electrons. The zero-order chi connectivity index (χ0) is 13.9. The lowest BCUT2D eigenvalue weighted by Gasteiger charge is -2.23. The van der Waals surface area contributed by atoms with Gasteiger partial charge < -0.3 is 5.73 Å². The van der Waals surface area contributed by atoms with Crippen molar-refractivity contribution in [2.45, 2.75) is 17.9 Å². The molecule has 1 unspecified atom stereocenters. The Bertz CT molecular complexity index is 584. The van der Waals surface area contributed by atoms with E-state index < -0.39 is 10.0 Å². The van der Waals surface area contributed by atoms with Gasteiger partial charge in [0.25, 0.3) is 0 Å². The number of likely N-dealkylation sites (N-methyl/N-ethyl adjacent to an activating group) is 1. The molecular formula is C11H15Cl2N3O2S. The van der Waals surface area contributed by atoms with Crippen molar-refractivity contribution in [1.29, 1.82) is 5.26 Å². The minimum atomic E-state index is -3.69. The van der Waals surface area contributed by atoms with Crippen molar-refractivity contribution >= 4 is 34.0 Å². The fraction of sp³-hybridized carbons (Fsp3) is 0.364. The van der Waals surface area contributed by atoms with Crippen LogP contribution in [0.4, 0.5) is 0 Å². The maximum Gasteiger partial charge on any atom is 0.244 e. The third-order valence-electron chi connectivity index (χ3n) is 2.68. The SMILES string of the molecule is CC(CN)N(C)S(=O)(=O)c1ccc(C#N)cc1Cl.Cl. The second-order valence-electron chi connectivity index (χ2n) is 3.86. The van der Waals surface area contributed by atoms with Crippen molar-refractivity contribution in [3.8, 4) is 6.07 Å². The zero-order valence-electron chi connectivity index (χ0n) is 10.5. The molecule has 0 spiro atoms. The van der Waals surface area contributed by atoms with Crippen LogP contribution >= 0.6 is 24.0 Å². The highest BCUT2D eigenvalue weighted by atomic mass is 35.5. The lowest BCUT2D eigenvalue weighted by atomic mass is 10.2. The van der Waals surface area contributed by atoms with Gasteiger partial charge in [0.15, 0.2) is 0 Å². The molecule has 0 saturated carbocycles. The molecule has 19 heavy (non-hydrogen) atoms. The minimum Gasteiger partial charge on any atom is -0.329 e. The highest BCUT2D eigenvalue weighted by molar-refractivity contribution is 7.89. The Balaban J connectivity index is 0.00000324. The molecule has 0 bridgehead atoms. The molecule has 0 amide bonds. The molecule has 106 valence electrons. The average Bonchev–Trinajstić information content (AvgIpc) is 2.36. The van der Waals surface area contributed by atoms with E-state index in [-0.39, 0.29) is 34.9 Å². The van der Waals surface area contributed by atoms with Gasteiger partial charge in [0.05, 0.1) is 16.7 Å². The Labute approximate surface area is 124 Å². The number of nitrogens with zero attached hydrogens (tertiary/aromatic N) is 2. The molecule has 5 nitrogen and oxygen atoms in total. The molecule has 1 rings (SSSR count). The molecular weight excluding hydrogens is 309 g/mol. The van der Waals surface area contributed by atoms with Crippen LogP contribution in [0.1, 0.15) is 12.5 Å². The van der Waals surface area contributed by atoms with Crippen molar-refractivity contribution in [1.82, 2.24) is 4.31 Å². The smallest absolute Gasteiger partial charge is 0.244 e. The van der Waals surface area contributed by atoms with E-state index in [1.807, 2.05) is 6.07 Å². The van der Waals surface area contributed by atoms with Gasteiger partial charge in [-0.3, -0.25) is 0 Å². The molecule has 1 atom stereocenters. The number of hydrogen-bond acceptors (Lipinski definition) is 4. The number of hydrogen-bond donors (Lipinski definition) is 1. The summed E-state index contributed by atoms with van der Waals surface area (Å²) in [5.74, 6) is 0. The molecule has 0 aliphatic rings. The summed E-state index contributed by atoms with van der Waals surface area (Å²) in [6.45, 7) is 1.92. The second-order valence-corrected chi connectivity index (χ2v) is 6.24. The van der Waals surface area contributed by atoms with Gasteiger partial charge in [-0.25, -0.2) is 8.42 Å². The van der Waals surface area contributed by atoms with Crippen LogP contribution in [0, 0.1) is 11.3 Å². The Morgan fingerprint density at radius 1 is 1.53 bits per heavy atom. The molecule has 1 aromatic carbocycles. The third kappa shape index (κ3) is 3.81. The normalized spacial score (nSPS) is 12.6. The maximum absolute atomic E-state index is 12.3. The van der Waals surface area contributed by atoms with Crippen LogP contribution in [0.2, 0.25) is 5.02 Å². The Hall–Kier alpha value is -0.840. The monoisotopic (exact) mass is 323 g/mol. The summed E-state index contributed by atoms with van der Waals surface area (Å²) in [5.41, 5.74) is 5.76. The fourth-order valence-electron chi connectivity index (χ4n) is 1.32. The van der Waals surface area contributed by atoms with Gasteiger partial charge >= 0.3 is 0 Å². The highest BCUT2D eigenvalue weighted by Crippen LogP contribution is 2.25. The molecule has 0 aromatic heterocycles. The number of nitriles is 1. The molecule has 2 N–H and O–H groups in total. The van der Waals surface area contributed by atoms with E-state index in [1.165, 1.54) is 29.6 Å². The summed E-state index contributed by atoms with van der Waals surface area (Å²) in [6.07, 6.45) is 0. The van der Waals surface area contributed by atoms with E-state index in [9.17, 15) is 8.42 Å². The van der Waals surface area contributed by atoms with Gasteiger partial charge in [-0.1, -0.05) is 11.6 Å². The van der Waals surface area contributed by atoms with Gasteiger partial charge in [-0.15, -0.1) is 12.4 Å². The van der Waals surface area contributed by atoms with E-state index in [0.29, 0.717) is 5.56 Å². The first-order valence-corrected chi connectivity index (χ1v) is 7.04. The zero-order valence-corrected chi connectivity index (χ0v) is 12.9. The first-order chi connectivity index (χ1) is 8.34. The van der Waals surface area contributed by atoms with Crippen LogP contribution in [0.3, 0.4) is 0 Å². The van der Waals surface area contributed by atoms with Gasteiger partial charge in [0.1, 0.15) is 4.90 Å². The van der Waals surface area contributed by atoms with Crippen LogP contribution in [-0.4, -0.2) is 32.4 Å². The molecule has 0 heterocycles. The lowest BCUT2D eigenvalue weighted by Crippen LogP contribution is -2.39. The molecule has 0 aliphatic heterocycles. The van der Waals surface area contributed by atoms with Gasteiger partial charge in [-0.05, 0) is 25.1 Å². The van der Waals surface area contributed by atoms with Crippen LogP contribution in [-0.2, 0) is 10.0 Å². The van der Waals surface area contributed by atoms with E-state index in [2.05, 4.69) is 0 Å². The number of rotatable bonds is 4. The number of nitrogens with two attached hydrogens (primary N) is 1. The summed E-state index contributed by atoms with van der Waals surface area (Å²) < 4.78 is 25.7. The van der Waals surface area contributed by atoms with Gasteiger partial charge in [0.2, 0.25) is 10.0 Å². The Kier molecular flexibility index (Phi) is 6.77. The quantitative estimate of drug-likeness (QED) is 0.911. The number of sulfonamides is 1. The standard InChI is InChI=1S/C11H14ClN3O2S.ClH/c1-8(6-13)15(2)18(16,17)11-4-3-9(7-14)5-10(11)12;/h3-5,8H,6,13H2,1-2H3;1H. The van der Waals surface area contributed by atoms with Crippen molar-refractivity contribution in [3.63, 3.8) is 0 Å². The lowest BCUT2D eigenvalue weighted by molar-refractivity contribution is 0.394. The fourth-order valence-corrected chi connectivity index (χ4v) is 3.21. The topological polar surface area (TPSA) is 87.2 Å². The second kappa shape index (κ2) is 7.08. The van der Waals surface area contributed by atoms with Crippen molar-refractivity contribution in [3.05, 3.63) is 28.8 Å². The average molecular weight is 324 g/mol. The van der Waals surface area contributed by atoms with Crippen LogP contribution in [0.25, 0.3) is 0 Å². The predicted octanol–water partition coefficient (Wildman–Crippen LogP) is 1.60. The molecule has 8 heteroatoms. The number of halogens is 2. The van der Waals surface area contributed by atoms with Crippen LogP contribution in [0.5, 0.6) is 0 Å². The van der Waals surface area contributed by atoms with Gasteiger partial charge in [0, 0.05) is 19.6 Å². The van der Waals surface area contributed by atoms with Gasteiger partial charge in [-0.2, -0.15) is 9.57 Å². The van der Waals surface area contributed by atoms with E-state index >= 15 is 0 Å². The molecule has 1 aromatic rings. The van der Waals surface area contributed by atoms with E-state index in [4.69, 9.17) is 22.6 Å². The van der Waals surface area contributed by atoms with Crippen molar-refractivity contribution in [2.75, 3.05) is 13.6 Å². The summed E-state index contributed by atoms with van der Waals surface area (Å²) in [5, 5.41) is 8.74. The third-order valence-corrected chi connectivity index (χ3v) is 5.13. The van der Waals surface area contributed by atoms with Crippen molar-refractivity contribution in [2.24, 2.45) is 5.73 Å². The number of benzene rings is 1. The van der Waals surface area contributed by atoms with E-state index in [0.717, 1.165) is 0 Å². The Morgan fingerprint density at radius 3 is 2.53 bits per heavy atom. The molecule has 0 saturated heterocycles. The summed E-state index contributed by atoms with van der Waals surface area (Å²) >= 11 is 5.90. The van der Waals surface area contributed by atoms with Crippen molar-refractivity contribution < 1.29 is 8.42 Å². The first kappa shape index (κ1) is 18.2. The Morgan fingerprint density at radius 2 is 2.11 bits per heavy atom. The summed E-state index contributed by atoms with van der Waals surface area (Å²) in [6, 6.07) is 5.64. The first-order valence-electron chi connectivity index (χ1n) is 5.22. The molecule has 0 aliphatic carbocycles. The highest BCUT2D eigenvalue weighted by Gasteiger charge is 2.26. The van der Waals surface area contributed by atoms with Crippen LogP contribution in [0.15, 0.2) is 23.1 Å². The predicted molar refractivity (Wildman–Crippen MR) is 76.9 cm³/mol. The minimum absolute atomic E-state index is 0. The summed E-state index contributed by atoms with van der Waals surface area (Å²) in [4.78, 5) is -0.0223. The maximum atomic E-state index is 12.3. The largest absolute Gasteiger partial charge is 0.329 e. The molecule has 0 fully saturated rings.